The molecular formula is C13H25N. The summed E-state index contributed by atoms with van der Waals surface area (Å²) in [6.45, 7) is 10.8. The van der Waals surface area contributed by atoms with Crippen molar-refractivity contribution in [2.75, 3.05) is 0 Å². The summed E-state index contributed by atoms with van der Waals surface area (Å²) in [5.74, 6) is 1.85. The van der Waals surface area contributed by atoms with Gasteiger partial charge in [-0.15, -0.1) is 0 Å². The van der Waals surface area contributed by atoms with Gasteiger partial charge >= 0.3 is 0 Å². The first-order chi connectivity index (χ1) is 6.58. The van der Waals surface area contributed by atoms with Gasteiger partial charge in [0.2, 0.25) is 0 Å². The van der Waals surface area contributed by atoms with Gasteiger partial charge in [0.15, 0.2) is 0 Å². The van der Waals surface area contributed by atoms with Gasteiger partial charge in [-0.05, 0) is 44.9 Å². The van der Waals surface area contributed by atoms with Crippen LogP contribution < -0.4 is 5.32 Å². The van der Waals surface area contributed by atoms with Gasteiger partial charge in [0.25, 0.3) is 0 Å². The fourth-order valence-electron chi connectivity index (χ4n) is 2.35. The van der Waals surface area contributed by atoms with E-state index >= 15 is 0 Å². The van der Waals surface area contributed by atoms with Crippen LogP contribution in [0.5, 0.6) is 0 Å². The molecule has 1 N–H and O–H groups in total. The van der Waals surface area contributed by atoms with Gasteiger partial charge in [0.1, 0.15) is 0 Å². The second kappa shape index (κ2) is 5.43. The lowest BCUT2D eigenvalue weighted by Crippen LogP contribution is -2.24. The lowest BCUT2D eigenvalue weighted by atomic mass is 9.81. The first-order valence-corrected chi connectivity index (χ1v) is 6.02. The number of rotatable bonds is 4. The van der Waals surface area contributed by atoms with E-state index in [1.807, 2.05) is 0 Å². The monoisotopic (exact) mass is 195 g/mol. The standard InChI is InChI=1S/C13H25N/c1-10(2)14-12(4)9-13-7-5-11(3)6-8-13/h10-11,13-14H,4-9H2,1-3H3. The van der Waals surface area contributed by atoms with Crippen molar-refractivity contribution in [3.8, 4) is 0 Å². The Hall–Kier alpha value is -0.460. The number of hydrogen-bond donors (Lipinski definition) is 1. The number of hydrogen-bond acceptors (Lipinski definition) is 1. The molecule has 1 heteroatoms. The normalized spacial score (nSPS) is 27.7. The Balaban J connectivity index is 2.20. The van der Waals surface area contributed by atoms with Gasteiger partial charge in [-0.3, -0.25) is 0 Å². The second-order valence-electron chi connectivity index (χ2n) is 5.23. The minimum absolute atomic E-state index is 0.532. The molecule has 0 heterocycles. The van der Waals surface area contributed by atoms with Gasteiger partial charge in [-0.1, -0.05) is 26.3 Å². The zero-order valence-corrected chi connectivity index (χ0v) is 9.97. The van der Waals surface area contributed by atoms with Crippen molar-refractivity contribution in [1.82, 2.24) is 5.32 Å². The topological polar surface area (TPSA) is 12.0 Å². The van der Waals surface area contributed by atoms with Crippen LogP contribution in [0.2, 0.25) is 0 Å². The van der Waals surface area contributed by atoms with E-state index < -0.39 is 0 Å². The van der Waals surface area contributed by atoms with Crippen LogP contribution in [0.25, 0.3) is 0 Å². The molecule has 0 aromatic carbocycles. The second-order valence-corrected chi connectivity index (χ2v) is 5.23. The van der Waals surface area contributed by atoms with E-state index in [2.05, 4.69) is 32.7 Å². The SMILES string of the molecule is C=C(CC1CCC(C)CC1)NC(C)C. The van der Waals surface area contributed by atoms with E-state index in [4.69, 9.17) is 0 Å². The van der Waals surface area contributed by atoms with E-state index in [9.17, 15) is 0 Å². The van der Waals surface area contributed by atoms with E-state index in [1.165, 1.54) is 37.8 Å². The molecule has 0 atom stereocenters. The van der Waals surface area contributed by atoms with Crippen LogP contribution in [0.1, 0.15) is 52.9 Å². The molecule has 1 fully saturated rings. The summed E-state index contributed by atoms with van der Waals surface area (Å²) in [5, 5.41) is 3.41. The van der Waals surface area contributed by atoms with Crippen molar-refractivity contribution >= 4 is 0 Å². The molecule has 0 aromatic rings. The Morgan fingerprint density at radius 3 is 2.36 bits per heavy atom. The highest BCUT2D eigenvalue weighted by molar-refractivity contribution is 4.95. The average molecular weight is 195 g/mol. The highest BCUT2D eigenvalue weighted by Gasteiger charge is 2.18. The van der Waals surface area contributed by atoms with Crippen LogP contribution in [-0.4, -0.2) is 6.04 Å². The predicted molar refractivity (Wildman–Crippen MR) is 63.2 cm³/mol. The minimum Gasteiger partial charge on any atom is -0.387 e. The van der Waals surface area contributed by atoms with Crippen molar-refractivity contribution in [2.45, 2.75) is 58.9 Å². The van der Waals surface area contributed by atoms with Crippen LogP contribution >= 0.6 is 0 Å². The minimum atomic E-state index is 0.532. The molecule has 0 saturated heterocycles. The Morgan fingerprint density at radius 2 is 1.86 bits per heavy atom. The molecule has 0 spiro atoms. The van der Waals surface area contributed by atoms with Crippen LogP contribution in [0.15, 0.2) is 12.3 Å². The number of allylic oxidation sites excluding steroid dienone is 1. The maximum absolute atomic E-state index is 4.10. The Labute approximate surface area is 89.0 Å². The average Bonchev–Trinajstić information content (AvgIpc) is 2.07. The third kappa shape index (κ3) is 4.17. The van der Waals surface area contributed by atoms with Gasteiger partial charge in [-0.2, -0.15) is 0 Å². The molecule has 0 unspecified atom stereocenters. The zero-order chi connectivity index (χ0) is 10.6. The summed E-state index contributed by atoms with van der Waals surface area (Å²) in [6.07, 6.45) is 6.82. The fraction of sp³-hybridized carbons (Fsp3) is 0.846. The largest absolute Gasteiger partial charge is 0.387 e. The lowest BCUT2D eigenvalue weighted by Gasteiger charge is -2.27. The molecule has 82 valence electrons. The summed E-state index contributed by atoms with van der Waals surface area (Å²) in [7, 11) is 0. The molecule has 1 rings (SSSR count). The molecule has 0 bridgehead atoms. The molecule has 0 aromatic heterocycles. The quantitative estimate of drug-likeness (QED) is 0.721. The number of nitrogens with one attached hydrogen (secondary N) is 1. The van der Waals surface area contributed by atoms with E-state index in [-0.39, 0.29) is 0 Å². The summed E-state index contributed by atoms with van der Waals surface area (Å²) >= 11 is 0. The summed E-state index contributed by atoms with van der Waals surface area (Å²) in [5.41, 5.74) is 1.24. The van der Waals surface area contributed by atoms with Crippen molar-refractivity contribution in [2.24, 2.45) is 11.8 Å². The molecule has 1 aliphatic carbocycles. The van der Waals surface area contributed by atoms with Crippen molar-refractivity contribution in [3.63, 3.8) is 0 Å². The summed E-state index contributed by atoms with van der Waals surface area (Å²) < 4.78 is 0. The first-order valence-electron chi connectivity index (χ1n) is 6.02. The highest BCUT2D eigenvalue weighted by Crippen LogP contribution is 2.31. The smallest absolute Gasteiger partial charge is 0.0201 e. The van der Waals surface area contributed by atoms with Crippen molar-refractivity contribution in [3.05, 3.63) is 12.3 Å². The fourth-order valence-corrected chi connectivity index (χ4v) is 2.35. The lowest BCUT2D eigenvalue weighted by molar-refractivity contribution is 0.285. The third-order valence-electron chi connectivity index (χ3n) is 3.16. The van der Waals surface area contributed by atoms with Gasteiger partial charge < -0.3 is 5.32 Å². The van der Waals surface area contributed by atoms with Crippen molar-refractivity contribution in [1.29, 1.82) is 0 Å². The first kappa shape index (κ1) is 11.6. The van der Waals surface area contributed by atoms with Crippen molar-refractivity contribution < 1.29 is 0 Å². The summed E-state index contributed by atoms with van der Waals surface area (Å²) in [6, 6.07) is 0.532. The molecule has 1 saturated carbocycles. The molecule has 1 aliphatic rings. The van der Waals surface area contributed by atoms with E-state index in [0.717, 1.165) is 11.8 Å². The van der Waals surface area contributed by atoms with Gasteiger partial charge in [0, 0.05) is 11.7 Å². The van der Waals surface area contributed by atoms with E-state index in [1.54, 1.807) is 0 Å². The van der Waals surface area contributed by atoms with E-state index in [0.29, 0.717) is 6.04 Å². The molecule has 0 radical (unpaired) electrons. The molecule has 14 heavy (non-hydrogen) atoms. The maximum atomic E-state index is 4.10. The van der Waals surface area contributed by atoms with Crippen LogP contribution in [-0.2, 0) is 0 Å². The molecule has 0 amide bonds. The zero-order valence-electron chi connectivity index (χ0n) is 9.97. The van der Waals surface area contributed by atoms with Crippen LogP contribution in [0.4, 0.5) is 0 Å². The molecular weight excluding hydrogens is 170 g/mol. The maximum Gasteiger partial charge on any atom is 0.0201 e. The summed E-state index contributed by atoms with van der Waals surface area (Å²) in [4.78, 5) is 0. The Bertz CT molecular complexity index is 176. The van der Waals surface area contributed by atoms with Gasteiger partial charge in [0.05, 0.1) is 0 Å². The van der Waals surface area contributed by atoms with Crippen LogP contribution in [0, 0.1) is 11.8 Å². The predicted octanol–water partition coefficient (Wildman–Crippen LogP) is 3.71. The third-order valence-corrected chi connectivity index (χ3v) is 3.16. The Kier molecular flexibility index (Phi) is 4.50. The highest BCUT2D eigenvalue weighted by atomic mass is 14.9. The Morgan fingerprint density at radius 1 is 1.29 bits per heavy atom. The van der Waals surface area contributed by atoms with Crippen LogP contribution in [0.3, 0.4) is 0 Å². The molecule has 1 nitrogen and oxygen atoms in total. The molecule has 0 aliphatic heterocycles. The van der Waals surface area contributed by atoms with Gasteiger partial charge in [-0.25, -0.2) is 0 Å².